The Bertz CT molecular complexity index is 329. The van der Waals surface area contributed by atoms with Crippen molar-refractivity contribution in [3.05, 3.63) is 27.3 Å². The van der Waals surface area contributed by atoms with Crippen molar-refractivity contribution >= 4 is 23.1 Å². The average molecular weight is 217 g/mol. The molecule has 0 unspecified atom stereocenters. The van der Waals surface area contributed by atoms with Crippen molar-refractivity contribution < 1.29 is 0 Å². The van der Waals surface area contributed by atoms with E-state index in [0.717, 1.165) is 11.2 Å². The molecule has 0 spiro atoms. The van der Waals surface area contributed by atoms with Gasteiger partial charge < -0.3 is 0 Å². The molecule has 7 heteroatoms. The Kier molecular flexibility index (Phi) is 2.52. The first-order valence-electron chi connectivity index (χ1n) is 3.59. The van der Waals surface area contributed by atoms with Gasteiger partial charge in [-0.3, -0.25) is 0 Å². The van der Waals surface area contributed by atoms with E-state index in [1.807, 2.05) is 17.5 Å². The van der Waals surface area contributed by atoms with Gasteiger partial charge in [0.15, 0.2) is 0 Å². The Morgan fingerprint density at radius 1 is 1.77 bits per heavy atom. The summed E-state index contributed by atoms with van der Waals surface area (Å²) in [5.74, 6) is 0. The second kappa shape index (κ2) is 3.81. The Hall–Kier alpha value is -1.00. The summed E-state index contributed by atoms with van der Waals surface area (Å²) in [5.41, 5.74) is 5.68. The second-order valence-electron chi connectivity index (χ2n) is 2.31. The third-order valence-corrected chi connectivity index (χ3v) is 2.43. The molecule has 1 aliphatic rings. The van der Waals surface area contributed by atoms with E-state index >= 15 is 0 Å². The second-order valence-corrected chi connectivity index (χ2v) is 3.66. The van der Waals surface area contributed by atoms with E-state index in [0.29, 0.717) is 0 Å². The number of nitrogens with zero attached hydrogens (tertiary/aromatic N) is 3. The number of halogens is 1. The molecule has 13 heavy (non-hydrogen) atoms. The molecule has 0 radical (unpaired) electrons. The van der Waals surface area contributed by atoms with Gasteiger partial charge in [0, 0.05) is 10.4 Å². The van der Waals surface area contributed by atoms with Crippen LogP contribution in [0.5, 0.6) is 0 Å². The minimum absolute atomic E-state index is 0.720. The zero-order valence-corrected chi connectivity index (χ0v) is 8.14. The maximum absolute atomic E-state index is 5.48. The molecule has 0 aliphatic carbocycles. The van der Waals surface area contributed by atoms with Crippen LogP contribution in [0.25, 0.3) is 4.95 Å². The van der Waals surface area contributed by atoms with Crippen molar-refractivity contribution in [1.29, 1.82) is 0 Å². The number of hydrazine groups is 3. The molecule has 0 atom stereocenters. The summed E-state index contributed by atoms with van der Waals surface area (Å²) in [6.07, 6.45) is 2.60. The van der Waals surface area contributed by atoms with Gasteiger partial charge in [0.2, 0.25) is 0 Å². The fraction of sp³-hybridized carbons (Fsp3) is 0.167. The van der Waals surface area contributed by atoms with Gasteiger partial charge in [-0.25, -0.2) is 0 Å². The fourth-order valence-corrected chi connectivity index (χ4v) is 1.60. The Labute approximate surface area is 84.3 Å². The van der Waals surface area contributed by atoms with Crippen LogP contribution in [-0.2, 0) is 6.54 Å². The van der Waals surface area contributed by atoms with Crippen molar-refractivity contribution in [3.63, 3.8) is 0 Å². The van der Waals surface area contributed by atoms with Crippen LogP contribution in [0, 0.1) is 6.19 Å². The Morgan fingerprint density at radius 2 is 2.69 bits per heavy atom. The molecule has 68 valence electrons. The summed E-state index contributed by atoms with van der Waals surface area (Å²) >= 11 is 7.17. The van der Waals surface area contributed by atoms with Gasteiger partial charge in [0.1, 0.15) is 0 Å². The maximum atomic E-state index is 5.48. The zero-order valence-electron chi connectivity index (χ0n) is 6.57. The number of hydrogen-bond donors (Lipinski definition) is 2. The fourth-order valence-electron chi connectivity index (χ4n) is 0.852. The SMILES string of the molecule is ClN1[N+]#CN(NCc2cccs2)N1. The Morgan fingerprint density at radius 3 is 3.31 bits per heavy atom. The van der Waals surface area contributed by atoms with Crippen molar-refractivity contribution in [2.45, 2.75) is 6.54 Å². The van der Waals surface area contributed by atoms with Crippen LogP contribution in [0.1, 0.15) is 4.88 Å². The predicted octanol–water partition coefficient (Wildman–Crippen LogP) is 1.15. The lowest BCUT2D eigenvalue weighted by atomic mass is 10.5. The molecule has 0 bridgehead atoms. The summed E-state index contributed by atoms with van der Waals surface area (Å²) in [6.45, 7) is 0.720. The standard InChI is InChI=1S/C6H7ClN5S/c7-12-9-5-11(10-12)8-4-6-2-1-3-13-6/h1-3,8,10H,4H2/q+1. The molecule has 2 heterocycles. The van der Waals surface area contributed by atoms with E-state index in [2.05, 4.69) is 22.1 Å². The van der Waals surface area contributed by atoms with Crippen LogP contribution >= 0.6 is 23.1 Å². The summed E-state index contributed by atoms with van der Waals surface area (Å²) in [5, 5.41) is 3.49. The quantitative estimate of drug-likeness (QED) is 0.587. The largest absolute Gasteiger partial charge is 0.454 e. The van der Waals surface area contributed by atoms with E-state index in [-0.39, 0.29) is 0 Å². The molecule has 5 nitrogen and oxygen atoms in total. The van der Waals surface area contributed by atoms with Crippen molar-refractivity contribution in [1.82, 2.24) is 20.7 Å². The van der Waals surface area contributed by atoms with Gasteiger partial charge in [-0.15, -0.1) is 16.8 Å². The summed E-state index contributed by atoms with van der Waals surface area (Å²) < 4.78 is 1.04. The summed E-state index contributed by atoms with van der Waals surface area (Å²) in [6, 6.07) is 4.05. The minimum Gasteiger partial charge on any atom is -0.147 e. The summed E-state index contributed by atoms with van der Waals surface area (Å²) in [7, 11) is 0. The normalized spacial score (nSPS) is 14.5. The highest BCUT2D eigenvalue weighted by molar-refractivity contribution is 7.09. The lowest BCUT2D eigenvalue weighted by molar-refractivity contribution is 0.144. The van der Waals surface area contributed by atoms with Crippen LogP contribution in [-0.4, -0.2) is 9.75 Å². The van der Waals surface area contributed by atoms with E-state index in [9.17, 15) is 0 Å². The number of rotatable bonds is 3. The van der Waals surface area contributed by atoms with Crippen LogP contribution in [0.2, 0.25) is 0 Å². The van der Waals surface area contributed by atoms with Crippen molar-refractivity contribution in [3.8, 4) is 6.19 Å². The zero-order chi connectivity index (χ0) is 9.10. The molecule has 0 amide bonds. The van der Waals surface area contributed by atoms with Crippen molar-refractivity contribution in [2.75, 3.05) is 0 Å². The first-order valence-corrected chi connectivity index (χ1v) is 4.81. The molecule has 2 N–H and O–H groups in total. The lowest BCUT2D eigenvalue weighted by Gasteiger charge is -2.03. The molecule has 1 aromatic rings. The van der Waals surface area contributed by atoms with Crippen LogP contribution in [0.4, 0.5) is 0 Å². The van der Waals surface area contributed by atoms with E-state index in [1.165, 1.54) is 10.00 Å². The highest BCUT2D eigenvalue weighted by Gasteiger charge is 2.21. The van der Waals surface area contributed by atoms with Gasteiger partial charge in [0.05, 0.1) is 23.0 Å². The van der Waals surface area contributed by atoms with E-state index in [4.69, 9.17) is 11.8 Å². The predicted molar refractivity (Wildman–Crippen MR) is 51.1 cm³/mol. The number of nitrogens with one attached hydrogen (secondary N) is 2. The highest BCUT2D eigenvalue weighted by atomic mass is 35.5. The van der Waals surface area contributed by atoms with Gasteiger partial charge in [-0.05, 0) is 21.5 Å². The highest BCUT2D eigenvalue weighted by Crippen LogP contribution is 2.07. The minimum atomic E-state index is 0.720. The van der Waals surface area contributed by atoms with Crippen molar-refractivity contribution in [2.24, 2.45) is 0 Å². The topological polar surface area (TPSA) is 34.9 Å². The molecule has 0 saturated carbocycles. The van der Waals surface area contributed by atoms with Crippen LogP contribution in [0.3, 0.4) is 0 Å². The van der Waals surface area contributed by atoms with Gasteiger partial charge >= 0.3 is 6.19 Å². The monoisotopic (exact) mass is 216 g/mol. The van der Waals surface area contributed by atoms with Gasteiger partial charge in [-0.2, -0.15) is 0 Å². The summed E-state index contributed by atoms with van der Waals surface area (Å²) in [4.78, 5) is 4.85. The average Bonchev–Trinajstić information content (AvgIpc) is 2.71. The number of thiophene rings is 1. The first-order chi connectivity index (χ1) is 6.34. The molecular formula is C6H7ClN5S+. The van der Waals surface area contributed by atoms with Gasteiger partial charge in [0.25, 0.3) is 0 Å². The van der Waals surface area contributed by atoms with E-state index < -0.39 is 0 Å². The molecule has 1 aliphatic heterocycles. The van der Waals surface area contributed by atoms with E-state index in [1.54, 1.807) is 11.3 Å². The molecular weight excluding hydrogens is 210 g/mol. The van der Waals surface area contributed by atoms with Crippen LogP contribution < -0.4 is 11.0 Å². The molecule has 0 aromatic carbocycles. The first kappa shape index (κ1) is 8.59. The molecule has 0 fully saturated rings. The molecule has 0 saturated heterocycles. The Balaban J connectivity index is 1.79. The van der Waals surface area contributed by atoms with Crippen LogP contribution in [0.15, 0.2) is 17.5 Å². The third kappa shape index (κ3) is 2.23. The molecule has 2 rings (SSSR count). The van der Waals surface area contributed by atoms with Gasteiger partial charge in [-0.1, -0.05) is 6.07 Å². The molecule has 1 aromatic heterocycles. The smallest absolute Gasteiger partial charge is 0.147 e. The number of hydrogen-bond acceptors (Lipinski definition) is 5. The maximum Gasteiger partial charge on any atom is 0.454 e. The lowest BCUT2D eigenvalue weighted by Crippen LogP contribution is -2.44. The third-order valence-electron chi connectivity index (χ3n) is 1.41.